The van der Waals surface area contributed by atoms with Crippen LogP contribution in [-0.2, 0) is 0 Å². The summed E-state index contributed by atoms with van der Waals surface area (Å²) in [5.41, 5.74) is 0.773. The van der Waals surface area contributed by atoms with E-state index in [0.29, 0.717) is 38.3 Å². The number of benzene rings is 1. The molecule has 0 aromatic heterocycles. The number of urea groups is 1. The summed E-state index contributed by atoms with van der Waals surface area (Å²) in [6, 6.07) is 7.68. The summed E-state index contributed by atoms with van der Waals surface area (Å²) in [6.45, 7) is 9.45. The maximum atomic E-state index is 12.7. The summed E-state index contributed by atoms with van der Waals surface area (Å²) >= 11 is 1.66. The lowest BCUT2D eigenvalue weighted by Gasteiger charge is -2.25. The highest BCUT2D eigenvalue weighted by Gasteiger charge is 2.23. The second-order valence-corrected chi connectivity index (χ2v) is 8.46. The zero-order valence-electron chi connectivity index (χ0n) is 15.7. The molecule has 1 aromatic rings. The number of hydrogen-bond acceptors (Lipinski definition) is 3. The molecule has 0 saturated carbocycles. The molecule has 1 aliphatic rings. The topological polar surface area (TPSA) is 52.7 Å². The highest BCUT2D eigenvalue weighted by molar-refractivity contribution is 7.98. The van der Waals surface area contributed by atoms with Crippen molar-refractivity contribution in [3.05, 3.63) is 29.8 Å². The van der Waals surface area contributed by atoms with Crippen LogP contribution in [0.2, 0.25) is 0 Å². The molecule has 1 heterocycles. The van der Waals surface area contributed by atoms with Gasteiger partial charge in [0.1, 0.15) is 0 Å². The van der Waals surface area contributed by atoms with Crippen LogP contribution < -0.4 is 5.32 Å². The van der Waals surface area contributed by atoms with E-state index in [4.69, 9.17) is 0 Å². The van der Waals surface area contributed by atoms with Gasteiger partial charge in [0.2, 0.25) is 0 Å². The van der Waals surface area contributed by atoms with Crippen LogP contribution in [0, 0.1) is 5.41 Å². The Hall–Kier alpha value is -1.69. The van der Waals surface area contributed by atoms with E-state index in [9.17, 15) is 9.59 Å². The van der Waals surface area contributed by atoms with Crippen LogP contribution in [0.3, 0.4) is 0 Å². The van der Waals surface area contributed by atoms with Crippen molar-refractivity contribution >= 4 is 23.7 Å². The third kappa shape index (κ3) is 5.96. The molecule has 1 N–H and O–H groups in total. The minimum atomic E-state index is -0.0338. The molecule has 0 atom stereocenters. The molecule has 25 heavy (non-hydrogen) atoms. The monoisotopic (exact) mass is 363 g/mol. The first-order valence-electron chi connectivity index (χ1n) is 8.76. The van der Waals surface area contributed by atoms with Crippen LogP contribution in [0.4, 0.5) is 4.79 Å². The Kier molecular flexibility index (Phi) is 6.76. The summed E-state index contributed by atoms with van der Waals surface area (Å²) in [5, 5.41) is 2.99. The molecule has 1 saturated heterocycles. The molecule has 1 aliphatic heterocycles. The molecule has 0 spiro atoms. The van der Waals surface area contributed by atoms with Crippen molar-refractivity contribution in [2.45, 2.75) is 32.1 Å². The van der Waals surface area contributed by atoms with Gasteiger partial charge in [-0.3, -0.25) is 4.79 Å². The van der Waals surface area contributed by atoms with E-state index in [1.165, 1.54) is 0 Å². The first-order valence-corrected chi connectivity index (χ1v) is 9.99. The van der Waals surface area contributed by atoms with Crippen molar-refractivity contribution in [3.8, 4) is 0 Å². The van der Waals surface area contributed by atoms with Gasteiger partial charge in [-0.1, -0.05) is 20.8 Å². The number of rotatable bonds is 3. The van der Waals surface area contributed by atoms with E-state index in [0.717, 1.165) is 11.3 Å². The molecule has 0 bridgehead atoms. The number of carbonyl (C=O) groups is 2. The molecule has 5 nitrogen and oxygen atoms in total. The van der Waals surface area contributed by atoms with Gasteiger partial charge in [-0.05, 0) is 42.4 Å². The Balaban J connectivity index is 1.91. The normalized spacial score (nSPS) is 15.7. The van der Waals surface area contributed by atoms with Crippen LogP contribution in [0.25, 0.3) is 0 Å². The Morgan fingerprint density at radius 1 is 1.04 bits per heavy atom. The molecule has 2 rings (SSSR count). The molecule has 0 unspecified atom stereocenters. The number of hydrogen-bond donors (Lipinski definition) is 1. The van der Waals surface area contributed by atoms with Crippen LogP contribution in [0.15, 0.2) is 29.2 Å². The largest absolute Gasteiger partial charge is 0.337 e. The molecule has 6 heteroatoms. The predicted molar refractivity (Wildman–Crippen MR) is 103 cm³/mol. The Morgan fingerprint density at radius 3 is 2.24 bits per heavy atom. The molecule has 0 aliphatic carbocycles. The van der Waals surface area contributed by atoms with Gasteiger partial charge in [0.15, 0.2) is 0 Å². The summed E-state index contributed by atoms with van der Waals surface area (Å²) in [5.74, 6) is 0.0459. The van der Waals surface area contributed by atoms with E-state index in [2.05, 4.69) is 26.1 Å². The Morgan fingerprint density at radius 2 is 1.64 bits per heavy atom. The van der Waals surface area contributed by atoms with Crippen molar-refractivity contribution in [1.29, 1.82) is 0 Å². The molecule has 138 valence electrons. The summed E-state index contributed by atoms with van der Waals surface area (Å²) < 4.78 is 0. The van der Waals surface area contributed by atoms with E-state index in [1.807, 2.05) is 40.3 Å². The van der Waals surface area contributed by atoms with Crippen LogP contribution >= 0.6 is 11.8 Å². The van der Waals surface area contributed by atoms with Crippen molar-refractivity contribution < 1.29 is 9.59 Å². The molecular formula is C19H29N3O2S. The van der Waals surface area contributed by atoms with Gasteiger partial charge in [-0.2, -0.15) is 0 Å². The van der Waals surface area contributed by atoms with Crippen molar-refractivity contribution in [1.82, 2.24) is 15.1 Å². The van der Waals surface area contributed by atoms with Gasteiger partial charge in [-0.15, -0.1) is 11.8 Å². The first-order chi connectivity index (χ1) is 11.8. The second kappa shape index (κ2) is 8.61. The van der Waals surface area contributed by atoms with Crippen LogP contribution in [-0.4, -0.2) is 60.7 Å². The van der Waals surface area contributed by atoms with Crippen LogP contribution in [0.5, 0.6) is 0 Å². The van der Waals surface area contributed by atoms with Gasteiger partial charge in [0, 0.05) is 43.2 Å². The smallest absolute Gasteiger partial charge is 0.317 e. The summed E-state index contributed by atoms with van der Waals surface area (Å²) in [4.78, 5) is 29.8. The van der Waals surface area contributed by atoms with Gasteiger partial charge in [0.05, 0.1) is 0 Å². The molecule has 1 fully saturated rings. The summed E-state index contributed by atoms with van der Waals surface area (Å²) in [6.07, 6.45) is 2.82. The van der Waals surface area contributed by atoms with Gasteiger partial charge < -0.3 is 15.1 Å². The van der Waals surface area contributed by atoms with Gasteiger partial charge in [0.25, 0.3) is 5.91 Å². The van der Waals surface area contributed by atoms with Crippen molar-refractivity contribution in [2.75, 3.05) is 39.0 Å². The maximum Gasteiger partial charge on any atom is 0.317 e. The molecule has 3 amide bonds. The van der Waals surface area contributed by atoms with E-state index >= 15 is 0 Å². The fourth-order valence-electron chi connectivity index (χ4n) is 2.69. The third-order valence-electron chi connectivity index (χ3n) is 4.18. The highest BCUT2D eigenvalue weighted by atomic mass is 32.2. The third-order valence-corrected chi connectivity index (χ3v) is 4.92. The Bertz CT molecular complexity index is 596. The fraction of sp³-hybridized carbons (Fsp3) is 0.579. The predicted octanol–water partition coefficient (Wildman–Crippen LogP) is 3.31. The quantitative estimate of drug-likeness (QED) is 0.838. The number of nitrogens with zero attached hydrogens (tertiary/aromatic N) is 2. The minimum absolute atomic E-state index is 0.0338. The average molecular weight is 364 g/mol. The maximum absolute atomic E-state index is 12.7. The number of nitrogens with one attached hydrogen (secondary N) is 1. The van der Waals surface area contributed by atoms with Crippen molar-refractivity contribution in [3.63, 3.8) is 0 Å². The molecular weight excluding hydrogens is 334 g/mol. The fourth-order valence-corrected chi connectivity index (χ4v) is 3.10. The minimum Gasteiger partial charge on any atom is -0.337 e. The zero-order valence-corrected chi connectivity index (χ0v) is 16.5. The summed E-state index contributed by atoms with van der Waals surface area (Å²) in [7, 11) is 0. The highest BCUT2D eigenvalue weighted by Crippen LogP contribution is 2.17. The standard InChI is InChI=1S/C19H29N3O2S/c1-19(2,3)14-20-18(24)22-11-5-10-21(12-13-22)17(23)15-6-8-16(25-4)9-7-15/h6-9H,5,10-14H2,1-4H3,(H,20,24). The number of amides is 3. The number of carbonyl (C=O) groups excluding carboxylic acids is 2. The lowest BCUT2D eigenvalue weighted by Crippen LogP contribution is -2.44. The zero-order chi connectivity index (χ0) is 18.4. The molecule has 1 aromatic carbocycles. The number of thioether (sulfide) groups is 1. The lowest BCUT2D eigenvalue weighted by atomic mass is 9.97. The second-order valence-electron chi connectivity index (χ2n) is 7.58. The molecule has 0 radical (unpaired) electrons. The van der Waals surface area contributed by atoms with Crippen LogP contribution in [0.1, 0.15) is 37.6 Å². The van der Waals surface area contributed by atoms with E-state index in [-0.39, 0.29) is 17.4 Å². The van der Waals surface area contributed by atoms with Gasteiger partial charge >= 0.3 is 6.03 Å². The Labute approximate surface area is 155 Å². The average Bonchev–Trinajstić information content (AvgIpc) is 2.84. The van der Waals surface area contributed by atoms with Crippen molar-refractivity contribution in [2.24, 2.45) is 5.41 Å². The van der Waals surface area contributed by atoms with E-state index < -0.39 is 0 Å². The first kappa shape index (κ1) is 19.6. The lowest BCUT2D eigenvalue weighted by molar-refractivity contribution is 0.0762. The SMILES string of the molecule is CSc1ccc(C(=O)N2CCCN(C(=O)NCC(C)(C)C)CC2)cc1. The van der Waals surface area contributed by atoms with Gasteiger partial charge in [-0.25, -0.2) is 4.79 Å². The van der Waals surface area contributed by atoms with E-state index in [1.54, 1.807) is 11.8 Å².